The number of hydrogen-bond donors (Lipinski definition) is 3. The van der Waals surface area contributed by atoms with Crippen LogP contribution in [0.4, 0.5) is 10.7 Å². The molecule has 0 saturated heterocycles. The summed E-state index contributed by atoms with van der Waals surface area (Å²) in [4.78, 5) is 12.3. The minimum Gasteiger partial charge on any atom is -0.397 e. The molecule has 1 aromatic heterocycles. The van der Waals surface area contributed by atoms with Crippen molar-refractivity contribution in [1.82, 2.24) is 5.32 Å². The van der Waals surface area contributed by atoms with E-state index in [1.54, 1.807) is 0 Å². The fourth-order valence-electron chi connectivity index (χ4n) is 1.83. The van der Waals surface area contributed by atoms with Gasteiger partial charge in [0.1, 0.15) is 4.88 Å². The second-order valence-electron chi connectivity index (χ2n) is 4.53. The Kier molecular flexibility index (Phi) is 3.57. The van der Waals surface area contributed by atoms with Gasteiger partial charge < -0.3 is 16.4 Å². The molecule has 1 aromatic rings. The molecular formula is C12H19N3OS. The first-order valence-corrected chi connectivity index (χ1v) is 6.87. The van der Waals surface area contributed by atoms with Gasteiger partial charge in [-0.15, -0.1) is 11.3 Å². The van der Waals surface area contributed by atoms with E-state index in [4.69, 9.17) is 5.73 Å². The zero-order chi connectivity index (χ0) is 12.4. The Morgan fingerprint density at radius 3 is 2.94 bits per heavy atom. The van der Waals surface area contributed by atoms with Crippen molar-refractivity contribution in [1.29, 1.82) is 0 Å². The molecule has 0 radical (unpaired) electrons. The number of anilines is 2. The van der Waals surface area contributed by atoms with Crippen molar-refractivity contribution < 1.29 is 4.79 Å². The average Bonchev–Trinajstić information content (AvgIpc) is 3.04. The van der Waals surface area contributed by atoms with E-state index in [9.17, 15) is 4.79 Å². The van der Waals surface area contributed by atoms with Crippen molar-refractivity contribution in [3.63, 3.8) is 0 Å². The van der Waals surface area contributed by atoms with Crippen LogP contribution in [0.3, 0.4) is 0 Å². The third kappa shape index (κ3) is 2.91. The highest BCUT2D eigenvalue weighted by molar-refractivity contribution is 7.18. The molecule has 1 amide bonds. The molecule has 4 N–H and O–H groups in total. The van der Waals surface area contributed by atoms with Crippen LogP contribution in [0.25, 0.3) is 0 Å². The van der Waals surface area contributed by atoms with Crippen molar-refractivity contribution in [3.05, 3.63) is 10.9 Å². The van der Waals surface area contributed by atoms with Gasteiger partial charge in [0, 0.05) is 12.6 Å². The zero-order valence-electron chi connectivity index (χ0n) is 10.2. The third-order valence-electron chi connectivity index (χ3n) is 3.00. The van der Waals surface area contributed by atoms with E-state index in [-0.39, 0.29) is 5.91 Å². The van der Waals surface area contributed by atoms with Crippen LogP contribution in [0.2, 0.25) is 0 Å². The molecule has 4 nitrogen and oxygen atoms in total. The van der Waals surface area contributed by atoms with E-state index >= 15 is 0 Å². The molecule has 0 aliphatic heterocycles. The maximum atomic E-state index is 11.7. The van der Waals surface area contributed by atoms with Crippen LogP contribution in [-0.2, 0) is 0 Å². The minimum absolute atomic E-state index is 0.0814. The van der Waals surface area contributed by atoms with Crippen LogP contribution >= 0.6 is 11.3 Å². The summed E-state index contributed by atoms with van der Waals surface area (Å²) in [6, 6.07) is 2.32. The Morgan fingerprint density at radius 2 is 2.35 bits per heavy atom. The van der Waals surface area contributed by atoms with Crippen LogP contribution in [0, 0.1) is 5.92 Å². The van der Waals surface area contributed by atoms with Crippen molar-refractivity contribution in [2.45, 2.75) is 32.7 Å². The highest BCUT2D eigenvalue weighted by Crippen LogP contribution is 2.36. The summed E-state index contributed by atoms with van der Waals surface area (Å²) in [5.74, 6) is 0.702. The van der Waals surface area contributed by atoms with E-state index < -0.39 is 0 Å². The monoisotopic (exact) mass is 253 g/mol. The lowest BCUT2D eigenvalue weighted by atomic mass is 10.2. The predicted molar refractivity (Wildman–Crippen MR) is 72.5 cm³/mol. The molecule has 1 unspecified atom stereocenters. The molecule has 5 heteroatoms. The molecule has 0 spiro atoms. The van der Waals surface area contributed by atoms with Crippen LogP contribution in [0.1, 0.15) is 36.4 Å². The van der Waals surface area contributed by atoms with Crippen molar-refractivity contribution in [3.8, 4) is 0 Å². The van der Waals surface area contributed by atoms with Crippen molar-refractivity contribution in [2.24, 2.45) is 5.92 Å². The quantitative estimate of drug-likeness (QED) is 0.754. The molecule has 1 fully saturated rings. The van der Waals surface area contributed by atoms with E-state index in [0.29, 0.717) is 23.2 Å². The van der Waals surface area contributed by atoms with Gasteiger partial charge >= 0.3 is 0 Å². The number of nitrogens with one attached hydrogen (secondary N) is 2. The first-order chi connectivity index (χ1) is 8.11. The molecule has 17 heavy (non-hydrogen) atoms. The third-order valence-corrected chi connectivity index (χ3v) is 4.08. The first-order valence-electron chi connectivity index (χ1n) is 6.05. The summed E-state index contributed by atoms with van der Waals surface area (Å²) in [7, 11) is 0. The molecule has 1 atom stereocenters. The number of nitrogens with two attached hydrogens (primary N) is 1. The summed E-state index contributed by atoms with van der Waals surface area (Å²) >= 11 is 1.43. The smallest absolute Gasteiger partial charge is 0.263 e. The van der Waals surface area contributed by atoms with Gasteiger partial charge in [-0.25, -0.2) is 0 Å². The second kappa shape index (κ2) is 4.96. The van der Waals surface area contributed by atoms with Crippen LogP contribution in [0.5, 0.6) is 0 Å². The Hall–Kier alpha value is -1.23. The van der Waals surface area contributed by atoms with Gasteiger partial charge in [0.05, 0.1) is 10.7 Å². The normalized spacial score (nSPS) is 16.6. The lowest BCUT2D eigenvalue weighted by molar-refractivity contribution is 0.0960. The van der Waals surface area contributed by atoms with Crippen LogP contribution < -0.4 is 16.4 Å². The number of hydrogen-bond acceptors (Lipinski definition) is 4. The maximum absolute atomic E-state index is 11.7. The van der Waals surface area contributed by atoms with Gasteiger partial charge in [0.25, 0.3) is 5.91 Å². The number of thiophene rings is 1. The summed E-state index contributed by atoms with van der Waals surface area (Å²) in [5.41, 5.74) is 6.41. The standard InChI is InChI=1S/C12H19N3OS/c1-3-14-12(16)11-9(13)6-10(17-11)15-7(2)8-4-5-8/h6-8,15H,3-5,13H2,1-2H3,(H,14,16). The van der Waals surface area contributed by atoms with Gasteiger partial charge in [-0.2, -0.15) is 0 Å². The molecular weight excluding hydrogens is 234 g/mol. The minimum atomic E-state index is -0.0814. The molecule has 1 heterocycles. The summed E-state index contributed by atoms with van der Waals surface area (Å²) in [6.07, 6.45) is 2.61. The summed E-state index contributed by atoms with van der Waals surface area (Å²) < 4.78 is 0. The van der Waals surface area contributed by atoms with Gasteiger partial charge in [0.2, 0.25) is 0 Å². The molecule has 0 aromatic carbocycles. The van der Waals surface area contributed by atoms with Gasteiger partial charge in [-0.05, 0) is 38.7 Å². The Labute approximate surface area is 106 Å². The number of nitrogen functional groups attached to an aromatic ring is 1. The largest absolute Gasteiger partial charge is 0.397 e. The average molecular weight is 253 g/mol. The molecule has 0 bridgehead atoms. The Balaban J connectivity index is 2.04. The molecule has 1 aliphatic rings. The molecule has 2 rings (SSSR count). The van der Waals surface area contributed by atoms with Gasteiger partial charge in [0.15, 0.2) is 0 Å². The number of rotatable bonds is 5. The van der Waals surface area contributed by atoms with Crippen LogP contribution in [0.15, 0.2) is 6.07 Å². The van der Waals surface area contributed by atoms with Gasteiger partial charge in [-0.3, -0.25) is 4.79 Å². The highest BCUT2D eigenvalue weighted by atomic mass is 32.1. The first kappa shape index (κ1) is 12.2. The Bertz CT molecular complexity index is 412. The SMILES string of the molecule is CCNC(=O)c1sc(NC(C)C2CC2)cc1N. The van der Waals surface area contributed by atoms with Crippen LogP contribution in [-0.4, -0.2) is 18.5 Å². The van der Waals surface area contributed by atoms with Crippen molar-refractivity contribution in [2.75, 3.05) is 17.6 Å². The number of carbonyl (C=O) groups is 1. The van der Waals surface area contributed by atoms with E-state index in [1.165, 1.54) is 24.2 Å². The predicted octanol–water partition coefficient (Wildman–Crippen LogP) is 2.29. The maximum Gasteiger partial charge on any atom is 0.263 e. The molecule has 94 valence electrons. The number of amides is 1. The van der Waals surface area contributed by atoms with E-state index in [0.717, 1.165) is 10.9 Å². The fourth-order valence-corrected chi connectivity index (χ4v) is 2.83. The van der Waals surface area contributed by atoms with E-state index in [2.05, 4.69) is 17.6 Å². The highest BCUT2D eigenvalue weighted by Gasteiger charge is 2.28. The second-order valence-corrected chi connectivity index (χ2v) is 5.58. The van der Waals surface area contributed by atoms with Crippen molar-refractivity contribution >= 4 is 27.9 Å². The summed E-state index contributed by atoms with van der Waals surface area (Å²) in [5, 5.41) is 7.18. The molecule has 1 aliphatic carbocycles. The molecule has 1 saturated carbocycles. The number of carbonyl (C=O) groups excluding carboxylic acids is 1. The lowest BCUT2D eigenvalue weighted by Gasteiger charge is -2.11. The lowest BCUT2D eigenvalue weighted by Crippen LogP contribution is -2.22. The Morgan fingerprint density at radius 1 is 1.65 bits per heavy atom. The summed E-state index contributed by atoms with van der Waals surface area (Å²) in [6.45, 7) is 4.70. The van der Waals surface area contributed by atoms with Gasteiger partial charge in [-0.1, -0.05) is 0 Å². The topological polar surface area (TPSA) is 67.2 Å². The zero-order valence-corrected chi connectivity index (χ0v) is 11.1. The fraction of sp³-hybridized carbons (Fsp3) is 0.583. The van der Waals surface area contributed by atoms with E-state index in [1.807, 2.05) is 13.0 Å².